The first-order valence-corrected chi connectivity index (χ1v) is 7.11. The molecule has 0 heterocycles. The highest BCUT2D eigenvalue weighted by Crippen LogP contribution is 2.18. The summed E-state index contributed by atoms with van der Waals surface area (Å²) in [5.74, 6) is 0.141. The van der Waals surface area contributed by atoms with Crippen LogP contribution >= 0.6 is 0 Å². The Kier molecular flexibility index (Phi) is 5.45. The molecule has 90 valence electrons. The highest BCUT2D eigenvalue weighted by atomic mass is 32.2. The van der Waals surface area contributed by atoms with E-state index in [0.29, 0.717) is 13.1 Å². The van der Waals surface area contributed by atoms with Gasteiger partial charge in [-0.3, -0.25) is 0 Å². The predicted octanol–water partition coefficient (Wildman–Crippen LogP) is 0.578. The molecule has 0 aromatic rings. The molecule has 0 fully saturated rings. The molecule has 0 aromatic carbocycles. The van der Waals surface area contributed by atoms with Gasteiger partial charge in [-0.2, -0.15) is 0 Å². The van der Waals surface area contributed by atoms with Gasteiger partial charge in [-0.1, -0.05) is 13.8 Å². The molecule has 5 heteroatoms. The Labute approximate surface area is 92.6 Å². The Bertz CT molecular complexity index is 300. The third-order valence-corrected chi connectivity index (χ3v) is 3.49. The molecule has 0 aromatic heterocycles. The second kappa shape index (κ2) is 5.61. The molecule has 0 aliphatic carbocycles. The smallest absolute Gasteiger partial charge is 0.148 e. The molecule has 0 bridgehead atoms. The first kappa shape index (κ1) is 14.6. The predicted molar refractivity (Wildman–Crippen MR) is 61.7 cm³/mol. The van der Waals surface area contributed by atoms with E-state index >= 15 is 0 Å². The summed E-state index contributed by atoms with van der Waals surface area (Å²) in [6.45, 7) is 4.92. The van der Waals surface area contributed by atoms with E-state index in [9.17, 15) is 13.2 Å². The van der Waals surface area contributed by atoms with E-state index in [2.05, 4.69) is 0 Å². The summed E-state index contributed by atoms with van der Waals surface area (Å²) in [5, 5.41) is 0. The minimum atomic E-state index is -2.92. The van der Waals surface area contributed by atoms with Crippen LogP contribution in [-0.2, 0) is 14.6 Å². The number of carbonyl (C=O) groups excluding carboxylic acids is 1. The zero-order valence-corrected chi connectivity index (χ0v) is 10.8. The van der Waals surface area contributed by atoms with Crippen molar-refractivity contribution in [1.82, 2.24) is 4.90 Å². The zero-order valence-electron chi connectivity index (χ0n) is 9.99. The van der Waals surface area contributed by atoms with E-state index in [1.807, 2.05) is 25.8 Å². The van der Waals surface area contributed by atoms with Crippen LogP contribution in [0.1, 0.15) is 20.3 Å². The fraction of sp³-hybridized carbons (Fsp3) is 0.900. The van der Waals surface area contributed by atoms with Gasteiger partial charge in [0.05, 0.1) is 5.75 Å². The molecular formula is C10H21NO3S. The summed E-state index contributed by atoms with van der Waals surface area (Å²) in [6.07, 6.45) is 2.93. The number of carbonyl (C=O) groups is 1. The van der Waals surface area contributed by atoms with Crippen molar-refractivity contribution in [2.45, 2.75) is 20.3 Å². The van der Waals surface area contributed by atoms with Crippen molar-refractivity contribution >= 4 is 16.1 Å². The highest BCUT2D eigenvalue weighted by Gasteiger charge is 2.23. The van der Waals surface area contributed by atoms with Crippen LogP contribution in [0.5, 0.6) is 0 Å². The summed E-state index contributed by atoms with van der Waals surface area (Å²) in [4.78, 5) is 12.7. The Balaban J connectivity index is 4.14. The number of sulfone groups is 1. The van der Waals surface area contributed by atoms with Gasteiger partial charge in [0, 0.05) is 24.8 Å². The van der Waals surface area contributed by atoms with Crippen LogP contribution in [0.3, 0.4) is 0 Å². The number of rotatable bonds is 7. The van der Waals surface area contributed by atoms with Crippen molar-refractivity contribution in [3.63, 3.8) is 0 Å². The molecule has 0 saturated carbocycles. The van der Waals surface area contributed by atoms with Crippen molar-refractivity contribution in [1.29, 1.82) is 0 Å². The van der Waals surface area contributed by atoms with Crippen LogP contribution in [0, 0.1) is 5.41 Å². The van der Waals surface area contributed by atoms with Crippen molar-refractivity contribution in [2.24, 2.45) is 5.41 Å². The molecule has 4 nitrogen and oxygen atoms in total. The SMILES string of the molecule is CCC(C)(C=O)CN(C)CCS(C)(=O)=O. The van der Waals surface area contributed by atoms with Crippen LogP contribution in [-0.4, -0.2) is 51.7 Å². The average molecular weight is 235 g/mol. The van der Waals surface area contributed by atoms with Crippen molar-refractivity contribution < 1.29 is 13.2 Å². The summed E-state index contributed by atoms with van der Waals surface area (Å²) in [5.41, 5.74) is -0.369. The molecular weight excluding hydrogens is 214 g/mol. The van der Waals surface area contributed by atoms with Gasteiger partial charge in [0.2, 0.25) is 0 Å². The van der Waals surface area contributed by atoms with Crippen molar-refractivity contribution in [3.05, 3.63) is 0 Å². The van der Waals surface area contributed by atoms with E-state index in [-0.39, 0.29) is 11.2 Å². The van der Waals surface area contributed by atoms with E-state index in [4.69, 9.17) is 0 Å². The molecule has 0 aliphatic heterocycles. The largest absolute Gasteiger partial charge is 0.304 e. The summed E-state index contributed by atoms with van der Waals surface area (Å²) < 4.78 is 21.9. The van der Waals surface area contributed by atoms with Crippen LogP contribution in [0.15, 0.2) is 0 Å². The minimum Gasteiger partial charge on any atom is -0.304 e. The third-order valence-electron chi connectivity index (χ3n) is 2.57. The van der Waals surface area contributed by atoms with Crippen LogP contribution in [0.2, 0.25) is 0 Å². The van der Waals surface area contributed by atoms with E-state index in [1.165, 1.54) is 6.26 Å². The van der Waals surface area contributed by atoms with E-state index in [0.717, 1.165) is 12.7 Å². The van der Waals surface area contributed by atoms with Gasteiger partial charge in [0.25, 0.3) is 0 Å². The van der Waals surface area contributed by atoms with Crippen LogP contribution in [0.25, 0.3) is 0 Å². The summed E-state index contributed by atoms with van der Waals surface area (Å²) in [7, 11) is -1.08. The molecule has 0 radical (unpaired) electrons. The Morgan fingerprint density at radius 2 is 1.93 bits per heavy atom. The fourth-order valence-corrected chi connectivity index (χ4v) is 1.89. The van der Waals surface area contributed by atoms with Crippen molar-refractivity contribution in [3.8, 4) is 0 Å². The zero-order chi connectivity index (χ0) is 12.1. The lowest BCUT2D eigenvalue weighted by molar-refractivity contribution is -0.116. The normalized spacial score (nSPS) is 16.3. The lowest BCUT2D eigenvalue weighted by atomic mass is 9.89. The Morgan fingerprint density at radius 1 is 1.40 bits per heavy atom. The molecule has 0 saturated heterocycles. The monoisotopic (exact) mass is 235 g/mol. The van der Waals surface area contributed by atoms with E-state index < -0.39 is 9.84 Å². The molecule has 0 rings (SSSR count). The first-order chi connectivity index (χ1) is 6.72. The maximum absolute atomic E-state index is 10.9. The van der Waals surface area contributed by atoms with Gasteiger partial charge in [-0.25, -0.2) is 8.42 Å². The van der Waals surface area contributed by atoms with Gasteiger partial charge in [0.15, 0.2) is 0 Å². The quantitative estimate of drug-likeness (QED) is 0.606. The summed E-state index contributed by atoms with van der Waals surface area (Å²) in [6, 6.07) is 0. The van der Waals surface area contributed by atoms with Gasteiger partial charge >= 0.3 is 0 Å². The molecule has 1 unspecified atom stereocenters. The maximum atomic E-state index is 10.9. The summed E-state index contributed by atoms with van der Waals surface area (Å²) >= 11 is 0. The molecule has 0 N–H and O–H groups in total. The Morgan fingerprint density at radius 3 is 2.27 bits per heavy atom. The third kappa shape index (κ3) is 6.62. The molecule has 0 spiro atoms. The van der Waals surface area contributed by atoms with Gasteiger partial charge in [0.1, 0.15) is 16.1 Å². The second-order valence-electron chi connectivity index (χ2n) is 4.49. The standard InChI is InChI=1S/C10H21NO3S/c1-5-10(2,9-12)8-11(3)6-7-15(4,13)14/h9H,5-8H2,1-4H3. The number of hydrogen-bond acceptors (Lipinski definition) is 4. The molecule has 1 atom stereocenters. The highest BCUT2D eigenvalue weighted by molar-refractivity contribution is 7.90. The van der Waals surface area contributed by atoms with Gasteiger partial charge in [-0.15, -0.1) is 0 Å². The van der Waals surface area contributed by atoms with Crippen LogP contribution in [0.4, 0.5) is 0 Å². The van der Waals surface area contributed by atoms with E-state index in [1.54, 1.807) is 0 Å². The topological polar surface area (TPSA) is 54.5 Å². The second-order valence-corrected chi connectivity index (χ2v) is 6.75. The number of aldehydes is 1. The lowest BCUT2D eigenvalue weighted by Gasteiger charge is -2.27. The first-order valence-electron chi connectivity index (χ1n) is 5.05. The number of nitrogens with zero attached hydrogens (tertiary/aromatic N) is 1. The molecule has 0 aliphatic rings. The van der Waals surface area contributed by atoms with Crippen molar-refractivity contribution in [2.75, 3.05) is 32.1 Å². The Hall–Kier alpha value is -0.420. The lowest BCUT2D eigenvalue weighted by Crippen LogP contribution is -2.36. The maximum Gasteiger partial charge on any atom is 0.148 e. The molecule has 15 heavy (non-hydrogen) atoms. The van der Waals surface area contributed by atoms with Gasteiger partial charge in [-0.05, 0) is 13.5 Å². The number of hydrogen-bond donors (Lipinski definition) is 0. The molecule has 0 amide bonds. The fourth-order valence-electron chi connectivity index (χ4n) is 1.25. The van der Waals surface area contributed by atoms with Gasteiger partial charge < -0.3 is 9.69 Å². The average Bonchev–Trinajstić information content (AvgIpc) is 2.13. The van der Waals surface area contributed by atoms with Crippen LogP contribution < -0.4 is 0 Å². The minimum absolute atomic E-state index is 0.141.